The zero-order chi connectivity index (χ0) is 16.9. The van der Waals surface area contributed by atoms with Crippen LogP contribution in [0.5, 0.6) is 5.75 Å². The van der Waals surface area contributed by atoms with Crippen LogP contribution in [0.3, 0.4) is 0 Å². The maximum Gasteiger partial charge on any atom is 0.254 e. The van der Waals surface area contributed by atoms with Crippen LogP contribution in [-0.2, 0) is 11.4 Å². The highest BCUT2D eigenvalue weighted by Gasteiger charge is 2.11. The van der Waals surface area contributed by atoms with Gasteiger partial charge in [-0.1, -0.05) is 29.8 Å². The summed E-state index contributed by atoms with van der Waals surface area (Å²) in [5.74, 6) is 1.04. The van der Waals surface area contributed by atoms with Crippen molar-refractivity contribution in [2.75, 3.05) is 5.32 Å². The summed E-state index contributed by atoms with van der Waals surface area (Å²) in [6.45, 7) is 1.52. The first-order valence-corrected chi connectivity index (χ1v) is 7.57. The molecule has 0 aliphatic carbocycles. The fraction of sp³-hybridized carbons (Fsp3) is 0.118. The van der Waals surface area contributed by atoms with Crippen molar-refractivity contribution >= 4 is 23.2 Å². The number of aromatic nitrogens is 2. The second-order valence-corrected chi connectivity index (χ2v) is 5.41. The summed E-state index contributed by atoms with van der Waals surface area (Å²) in [5.41, 5.74) is 1.32. The number of benzene rings is 2. The van der Waals surface area contributed by atoms with E-state index in [9.17, 15) is 4.79 Å². The molecule has 0 fully saturated rings. The molecule has 0 aliphatic heterocycles. The Kier molecular flexibility index (Phi) is 4.77. The molecule has 2 aromatic carbocycles. The lowest BCUT2D eigenvalue weighted by atomic mass is 10.2. The van der Waals surface area contributed by atoms with E-state index in [0.717, 1.165) is 5.56 Å². The monoisotopic (exact) mass is 343 g/mol. The largest absolute Gasteiger partial charge is 0.482 e. The number of carbonyl (C=O) groups excluding carboxylic acids is 1. The second kappa shape index (κ2) is 7.14. The Morgan fingerprint density at radius 3 is 2.83 bits per heavy atom. The Balaban J connectivity index is 1.71. The minimum Gasteiger partial charge on any atom is -0.482 e. The van der Waals surface area contributed by atoms with E-state index >= 15 is 0 Å². The van der Waals surface area contributed by atoms with E-state index in [0.29, 0.717) is 28.2 Å². The van der Waals surface area contributed by atoms with E-state index in [2.05, 4.69) is 15.5 Å². The molecular weight excluding hydrogens is 330 g/mol. The molecule has 0 aliphatic rings. The zero-order valence-corrected chi connectivity index (χ0v) is 13.6. The summed E-state index contributed by atoms with van der Waals surface area (Å²) in [6.07, 6.45) is 0. The van der Waals surface area contributed by atoms with Crippen molar-refractivity contribution < 1.29 is 13.9 Å². The van der Waals surface area contributed by atoms with Crippen molar-refractivity contribution in [1.82, 2.24) is 10.2 Å². The van der Waals surface area contributed by atoms with Crippen LogP contribution in [-0.4, -0.2) is 16.1 Å². The van der Waals surface area contributed by atoms with E-state index < -0.39 is 0 Å². The number of hydrogen-bond donors (Lipinski definition) is 1. The van der Waals surface area contributed by atoms with Crippen LogP contribution in [0.2, 0.25) is 5.02 Å². The molecular formula is C17H14ClN3O3. The van der Waals surface area contributed by atoms with Crippen molar-refractivity contribution in [2.45, 2.75) is 13.5 Å². The molecule has 1 amide bonds. The molecule has 0 saturated carbocycles. The molecule has 0 unspecified atom stereocenters. The quantitative estimate of drug-likeness (QED) is 0.759. The van der Waals surface area contributed by atoms with Gasteiger partial charge in [-0.3, -0.25) is 4.79 Å². The van der Waals surface area contributed by atoms with Gasteiger partial charge in [0.2, 0.25) is 11.8 Å². The SMILES string of the molecule is CC(=O)Nc1ccccc1OCc1nnc(-c2cccc(Cl)c2)o1. The fourth-order valence-corrected chi connectivity index (χ4v) is 2.27. The van der Waals surface area contributed by atoms with Gasteiger partial charge in [-0.05, 0) is 30.3 Å². The molecule has 1 heterocycles. The summed E-state index contributed by atoms with van der Waals surface area (Å²) in [7, 11) is 0. The average Bonchev–Trinajstić information content (AvgIpc) is 3.02. The van der Waals surface area contributed by atoms with Gasteiger partial charge in [-0.25, -0.2) is 0 Å². The molecule has 1 aromatic heterocycles. The highest BCUT2D eigenvalue weighted by molar-refractivity contribution is 6.30. The van der Waals surface area contributed by atoms with Crippen LogP contribution >= 0.6 is 11.6 Å². The fourth-order valence-electron chi connectivity index (χ4n) is 2.08. The van der Waals surface area contributed by atoms with Crippen molar-refractivity contribution in [2.24, 2.45) is 0 Å². The average molecular weight is 344 g/mol. The van der Waals surface area contributed by atoms with Crippen LogP contribution in [0.15, 0.2) is 52.9 Å². The van der Waals surface area contributed by atoms with Gasteiger partial charge < -0.3 is 14.5 Å². The molecule has 3 aromatic rings. The topological polar surface area (TPSA) is 77.2 Å². The normalized spacial score (nSPS) is 10.4. The Bertz CT molecular complexity index is 864. The van der Waals surface area contributed by atoms with Crippen LogP contribution in [0.25, 0.3) is 11.5 Å². The lowest BCUT2D eigenvalue weighted by Gasteiger charge is -2.09. The third-order valence-corrected chi connectivity index (χ3v) is 3.32. The number of carbonyl (C=O) groups is 1. The molecule has 7 heteroatoms. The number of halogens is 1. The molecule has 0 atom stereocenters. The van der Waals surface area contributed by atoms with Crippen LogP contribution < -0.4 is 10.1 Å². The Morgan fingerprint density at radius 2 is 2.04 bits per heavy atom. The summed E-state index contributed by atoms with van der Waals surface area (Å²) in [4.78, 5) is 11.2. The highest BCUT2D eigenvalue weighted by Crippen LogP contribution is 2.25. The van der Waals surface area contributed by atoms with Crippen molar-refractivity contribution in [3.63, 3.8) is 0 Å². The first-order valence-electron chi connectivity index (χ1n) is 7.19. The summed E-state index contributed by atoms with van der Waals surface area (Å²) in [5, 5.41) is 11.2. The first kappa shape index (κ1) is 16.0. The summed E-state index contributed by atoms with van der Waals surface area (Å²) >= 11 is 5.95. The van der Waals surface area contributed by atoms with Gasteiger partial charge in [0.1, 0.15) is 5.75 Å². The maximum atomic E-state index is 11.2. The Hall–Kier alpha value is -2.86. The lowest BCUT2D eigenvalue weighted by Crippen LogP contribution is -2.07. The van der Waals surface area contributed by atoms with Gasteiger partial charge in [0.15, 0.2) is 6.61 Å². The lowest BCUT2D eigenvalue weighted by molar-refractivity contribution is -0.114. The zero-order valence-electron chi connectivity index (χ0n) is 12.8. The predicted molar refractivity (Wildman–Crippen MR) is 89.8 cm³/mol. The van der Waals surface area contributed by atoms with Crippen molar-refractivity contribution in [1.29, 1.82) is 0 Å². The van der Waals surface area contributed by atoms with Crippen LogP contribution in [0, 0.1) is 0 Å². The molecule has 24 heavy (non-hydrogen) atoms. The van der Waals surface area contributed by atoms with Crippen LogP contribution in [0.1, 0.15) is 12.8 Å². The minimum atomic E-state index is -0.174. The second-order valence-electron chi connectivity index (χ2n) is 4.98. The number of nitrogens with zero attached hydrogens (tertiary/aromatic N) is 2. The minimum absolute atomic E-state index is 0.0875. The molecule has 122 valence electrons. The summed E-state index contributed by atoms with van der Waals surface area (Å²) in [6, 6.07) is 14.3. The number of hydrogen-bond acceptors (Lipinski definition) is 5. The van der Waals surface area contributed by atoms with Crippen molar-refractivity contribution in [3.8, 4) is 17.2 Å². The molecule has 0 radical (unpaired) electrons. The van der Waals surface area contributed by atoms with E-state index in [-0.39, 0.29) is 12.5 Å². The molecule has 0 spiro atoms. The molecule has 6 nitrogen and oxygen atoms in total. The van der Waals surface area contributed by atoms with E-state index in [1.807, 2.05) is 24.3 Å². The van der Waals surface area contributed by atoms with Gasteiger partial charge in [-0.2, -0.15) is 0 Å². The number of anilines is 1. The summed E-state index contributed by atoms with van der Waals surface area (Å²) < 4.78 is 11.2. The number of para-hydroxylation sites is 2. The highest BCUT2D eigenvalue weighted by atomic mass is 35.5. The Morgan fingerprint density at radius 1 is 1.21 bits per heavy atom. The molecule has 0 saturated heterocycles. The van der Waals surface area contributed by atoms with Crippen LogP contribution in [0.4, 0.5) is 5.69 Å². The number of amides is 1. The smallest absolute Gasteiger partial charge is 0.254 e. The standard InChI is InChI=1S/C17H14ClN3O3/c1-11(22)19-14-7-2-3-8-15(14)23-10-16-20-21-17(24-16)12-5-4-6-13(18)9-12/h2-9H,10H2,1H3,(H,19,22). The maximum absolute atomic E-state index is 11.2. The van der Waals surface area contributed by atoms with Gasteiger partial charge in [0.05, 0.1) is 5.69 Å². The van der Waals surface area contributed by atoms with Gasteiger partial charge >= 0.3 is 0 Å². The number of ether oxygens (including phenoxy) is 1. The van der Waals surface area contributed by atoms with E-state index in [4.69, 9.17) is 20.8 Å². The number of rotatable bonds is 5. The molecule has 3 rings (SSSR count). The predicted octanol–water partition coefficient (Wildman–Crippen LogP) is 3.93. The van der Waals surface area contributed by atoms with Gasteiger partial charge in [0, 0.05) is 17.5 Å². The van der Waals surface area contributed by atoms with E-state index in [1.165, 1.54) is 6.92 Å². The first-order chi connectivity index (χ1) is 11.6. The molecule has 1 N–H and O–H groups in total. The van der Waals surface area contributed by atoms with Gasteiger partial charge in [0.25, 0.3) is 5.89 Å². The van der Waals surface area contributed by atoms with Crippen molar-refractivity contribution in [3.05, 3.63) is 59.4 Å². The van der Waals surface area contributed by atoms with Gasteiger partial charge in [-0.15, -0.1) is 10.2 Å². The third-order valence-electron chi connectivity index (χ3n) is 3.09. The molecule has 0 bridgehead atoms. The van der Waals surface area contributed by atoms with E-state index in [1.54, 1.807) is 24.3 Å². The third kappa shape index (κ3) is 3.91. The Labute approximate surface area is 143 Å². The number of nitrogens with one attached hydrogen (secondary N) is 1.